The molecule has 1 heterocycles. The van der Waals surface area contributed by atoms with Gasteiger partial charge in [0.05, 0.1) is 20.8 Å². The third-order valence-corrected chi connectivity index (χ3v) is 3.45. The molecule has 0 aliphatic heterocycles. The van der Waals surface area contributed by atoms with Gasteiger partial charge in [0, 0.05) is 25.5 Å². The minimum Gasteiger partial charge on any atom is -0.493 e. The number of hydrogen-bond donors (Lipinski definition) is 0. The fourth-order valence-corrected chi connectivity index (χ4v) is 2.37. The first-order chi connectivity index (χ1) is 10.2. The highest BCUT2D eigenvalue weighted by molar-refractivity contribution is 5.42. The van der Waals surface area contributed by atoms with Crippen molar-refractivity contribution in [1.29, 1.82) is 0 Å². The maximum Gasteiger partial charge on any atom is 0.161 e. The maximum absolute atomic E-state index is 5.34. The normalized spacial score (nSPS) is 10.9. The molecule has 0 N–H and O–H groups in total. The Kier molecular flexibility index (Phi) is 5.22. The standard InChI is InChI=1S/C16H23N3O2/c1-5-19-9-8-17-16(19)12-18(2)11-13-6-7-14(20-3)15(10-13)21-4/h6-10H,5,11-12H2,1-4H3. The summed E-state index contributed by atoms with van der Waals surface area (Å²) in [6.07, 6.45) is 3.86. The van der Waals surface area contributed by atoms with Crippen LogP contribution in [0.5, 0.6) is 11.5 Å². The van der Waals surface area contributed by atoms with Gasteiger partial charge in [0.1, 0.15) is 5.82 Å². The Morgan fingerprint density at radius 3 is 2.57 bits per heavy atom. The van der Waals surface area contributed by atoms with Crippen LogP contribution < -0.4 is 9.47 Å². The third kappa shape index (κ3) is 3.76. The molecule has 21 heavy (non-hydrogen) atoms. The van der Waals surface area contributed by atoms with E-state index in [2.05, 4.69) is 34.5 Å². The summed E-state index contributed by atoms with van der Waals surface area (Å²) in [5.41, 5.74) is 1.18. The van der Waals surface area contributed by atoms with Gasteiger partial charge in [0.2, 0.25) is 0 Å². The lowest BCUT2D eigenvalue weighted by atomic mass is 10.2. The molecule has 0 saturated carbocycles. The first kappa shape index (κ1) is 15.4. The van der Waals surface area contributed by atoms with E-state index in [4.69, 9.17) is 9.47 Å². The minimum atomic E-state index is 0.755. The fraction of sp³-hybridized carbons (Fsp3) is 0.438. The van der Waals surface area contributed by atoms with Crippen molar-refractivity contribution in [2.24, 2.45) is 0 Å². The molecule has 5 nitrogen and oxygen atoms in total. The van der Waals surface area contributed by atoms with Crippen LogP contribution in [0.25, 0.3) is 0 Å². The summed E-state index contributed by atoms with van der Waals surface area (Å²) in [4.78, 5) is 6.64. The summed E-state index contributed by atoms with van der Waals surface area (Å²) in [5, 5.41) is 0. The first-order valence-electron chi connectivity index (χ1n) is 7.07. The average Bonchev–Trinajstić information content (AvgIpc) is 2.94. The van der Waals surface area contributed by atoms with Gasteiger partial charge in [-0.25, -0.2) is 4.98 Å². The second kappa shape index (κ2) is 7.13. The van der Waals surface area contributed by atoms with Crippen LogP contribution in [0, 0.1) is 0 Å². The summed E-state index contributed by atoms with van der Waals surface area (Å²) < 4.78 is 12.8. The molecule has 0 radical (unpaired) electrons. The number of methoxy groups -OCH3 is 2. The van der Waals surface area contributed by atoms with E-state index in [9.17, 15) is 0 Å². The first-order valence-corrected chi connectivity index (χ1v) is 7.07. The van der Waals surface area contributed by atoms with Crippen molar-refractivity contribution >= 4 is 0 Å². The largest absolute Gasteiger partial charge is 0.493 e. The monoisotopic (exact) mass is 289 g/mol. The summed E-state index contributed by atoms with van der Waals surface area (Å²) in [6.45, 7) is 4.71. The Bertz CT molecular complexity index is 581. The van der Waals surface area contributed by atoms with E-state index < -0.39 is 0 Å². The van der Waals surface area contributed by atoms with Gasteiger partial charge in [0.25, 0.3) is 0 Å². The van der Waals surface area contributed by atoms with E-state index in [1.807, 2.05) is 24.5 Å². The Morgan fingerprint density at radius 2 is 1.90 bits per heavy atom. The molecule has 5 heteroatoms. The van der Waals surface area contributed by atoms with Crippen LogP contribution >= 0.6 is 0 Å². The van der Waals surface area contributed by atoms with Gasteiger partial charge in [-0.15, -0.1) is 0 Å². The molecule has 0 saturated heterocycles. The van der Waals surface area contributed by atoms with Crippen molar-refractivity contribution in [3.05, 3.63) is 42.0 Å². The smallest absolute Gasteiger partial charge is 0.161 e. The Balaban J connectivity index is 2.04. The number of ether oxygens (including phenoxy) is 2. The van der Waals surface area contributed by atoms with Crippen LogP contribution in [0.2, 0.25) is 0 Å². The third-order valence-electron chi connectivity index (χ3n) is 3.45. The number of imidazole rings is 1. The van der Waals surface area contributed by atoms with Crippen LogP contribution in [-0.2, 0) is 19.6 Å². The van der Waals surface area contributed by atoms with Crippen LogP contribution in [0.3, 0.4) is 0 Å². The molecule has 2 rings (SSSR count). The molecule has 2 aromatic rings. The van der Waals surface area contributed by atoms with Crippen LogP contribution in [0.4, 0.5) is 0 Å². The number of nitrogens with zero attached hydrogens (tertiary/aromatic N) is 3. The van der Waals surface area contributed by atoms with Crippen molar-refractivity contribution in [3.8, 4) is 11.5 Å². The van der Waals surface area contributed by atoms with Gasteiger partial charge < -0.3 is 14.0 Å². The van der Waals surface area contributed by atoms with Gasteiger partial charge >= 0.3 is 0 Å². The van der Waals surface area contributed by atoms with Gasteiger partial charge in [-0.2, -0.15) is 0 Å². The molecule has 0 amide bonds. The maximum atomic E-state index is 5.34. The molecular formula is C16H23N3O2. The van der Waals surface area contributed by atoms with E-state index in [1.54, 1.807) is 14.2 Å². The predicted molar refractivity (Wildman–Crippen MR) is 82.6 cm³/mol. The van der Waals surface area contributed by atoms with E-state index in [1.165, 1.54) is 5.56 Å². The van der Waals surface area contributed by atoms with E-state index in [0.717, 1.165) is 37.0 Å². The Hall–Kier alpha value is -2.01. The minimum absolute atomic E-state index is 0.755. The molecule has 114 valence electrons. The summed E-state index contributed by atoms with van der Waals surface area (Å²) in [7, 11) is 5.39. The van der Waals surface area contributed by atoms with Crippen molar-refractivity contribution in [2.45, 2.75) is 26.6 Å². The molecule has 1 aromatic heterocycles. The number of benzene rings is 1. The van der Waals surface area contributed by atoms with Gasteiger partial charge in [-0.05, 0) is 31.7 Å². The summed E-state index contributed by atoms with van der Waals surface area (Å²) in [5.74, 6) is 2.60. The van der Waals surface area contributed by atoms with Crippen LogP contribution in [0.15, 0.2) is 30.6 Å². The average molecular weight is 289 g/mol. The van der Waals surface area contributed by atoms with Crippen LogP contribution in [0.1, 0.15) is 18.3 Å². The Morgan fingerprint density at radius 1 is 1.14 bits per heavy atom. The molecule has 0 atom stereocenters. The SMILES string of the molecule is CCn1ccnc1CN(C)Cc1ccc(OC)c(OC)c1. The fourth-order valence-electron chi connectivity index (χ4n) is 2.37. The summed E-state index contributed by atoms with van der Waals surface area (Å²) in [6, 6.07) is 6.01. The summed E-state index contributed by atoms with van der Waals surface area (Å²) >= 11 is 0. The lowest BCUT2D eigenvalue weighted by molar-refractivity contribution is 0.303. The quantitative estimate of drug-likeness (QED) is 0.785. The molecule has 0 aliphatic carbocycles. The highest BCUT2D eigenvalue weighted by atomic mass is 16.5. The lowest BCUT2D eigenvalue weighted by Crippen LogP contribution is -2.20. The molecule has 0 unspecified atom stereocenters. The molecular weight excluding hydrogens is 266 g/mol. The molecule has 0 fully saturated rings. The van der Waals surface area contributed by atoms with Gasteiger partial charge in [-0.1, -0.05) is 6.07 Å². The zero-order valence-corrected chi connectivity index (χ0v) is 13.2. The topological polar surface area (TPSA) is 39.5 Å². The van der Waals surface area contributed by atoms with Gasteiger partial charge in [0.15, 0.2) is 11.5 Å². The number of hydrogen-bond acceptors (Lipinski definition) is 4. The zero-order chi connectivity index (χ0) is 15.2. The Labute approximate surface area is 126 Å². The zero-order valence-electron chi connectivity index (χ0n) is 13.2. The predicted octanol–water partition coefficient (Wildman–Crippen LogP) is 2.55. The van der Waals surface area contributed by atoms with E-state index in [0.29, 0.717) is 0 Å². The molecule has 0 bridgehead atoms. The van der Waals surface area contributed by atoms with Crippen LogP contribution in [-0.4, -0.2) is 35.7 Å². The number of aryl methyl sites for hydroxylation is 1. The van der Waals surface area contributed by atoms with Crippen molar-refractivity contribution in [3.63, 3.8) is 0 Å². The van der Waals surface area contributed by atoms with E-state index in [-0.39, 0.29) is 0 Å². The molecule has 0 spiro atoms. The number of rotatable bonds is 7. The highest BCUT2D eigenvalue weighted by Gasteiger charge is 2.09. The van der Waals surface area contributed by atoms with E-state index >= 15 is 0 Å². The van der Waals surface area contributed by atoms with Gasteiger partial charge in [-0.3, -0.25) is 4.90 Å². The molecule has 0 aliphatic rings. The second-order valence-corrected chi connectivity index (χ2v) is 4.99. The highest BCUT2D eigenvalue weighted by Crippen LogP contribution is 2.28. The van der Waals surface area contributed by atoms with Crippen molar-refractivity contribution in [2.75, 3.05) is 21.3 Å². The second-order valence-electron chi connectivity index (χ2n) is 4.99. The van der Waals surface area contributed by atoms with Crippen molar-refractivity contribution < 1.29 is 9.47 Å². The number of aromatic nitrogens is 2. The lowest BCUT2D eigenvalue weighted by Gasteiger charge is -2.18. The molecule has 1 aromatic carbocycles. The van der Waals surface area contributed by atoms with Crippen molar-refractivity contribution in [1.82, 2.24) is 14.5 Å².